The third kappa shape index (κ3) is 3.14. The number of ether oxygens (including phenoxy) is 1. The highest BCUT2D eigenvalue weighted by Gasteiger charge is 2.09. The van der Waals surface area contributed by atoms with Crippen molar-refractivity contribution in [2.45, 2.75) is 0 Å². The number of methoxy groups -OCH3 is 1. The van der Waals surface area contributed by atoms with E-state index in [0.717, 1.165) is 0 Å². The number of carbonyl (C=O) groups is 1. The van der Waals surface area contributed by atoms with Crippen LogP contribution in [0.3, 0.4) is 0 Å². The number of para-hydroxylation sites is 1. The van der Waals surface area contributed by atoms with E-state index in [2.05, 4.69) is 16.5 Å². The highest BCUT2D eigenvalue weighted by atomic mass is 28.2. The van der Waals surface area contributed by atoms with Crippen LogP contribution in [-0.4, -0.2) is 22.7 Å². The van der Waals surface area contributed by atoms with Crippen LogP contribution in [0.15, 0.2) is 46.4 Å². The van der Waals surface area contributed by atoms with Crippen LogP contribution in [0.25, 0.3) is 0 Å². The summed E-state index contributed by atoms with van der Waals surface area (Å²) in [7, 11) is 1.62. The van der Waals surface area contributed by atoms with E-state index in [4.69, 9.17) is 4.74 Å². The highest BCUT2D eigenvalue weighted by molar-refractivity contribution is 6.39. The van der Waals surface area contributed by atoms with E-state index in [1.807, 2.05) is 0 Å². The van der Waals surface area contributed by atoms with Crippen molar-refractivity contribution in [3.8, 4) is 5.75 Å². The average Bonchev–Trinajstić information content (AvgIpc) is 2.29. The second-order valence-electron chi connectivity index (χ2n) is 2.54. The minimum absolute atomic E-state index is 0.111. The summed E-state index contributed by atoms with van der Waals surface area (Å²) >= 11 is 0. The first-order chi connectivity index (χ1) is 7.29. The van der Waals surface area contributed by atoms with Crippen molar-refractivity contribution in [3.63, 3.8) is 0 Å². The maximum Gasteiger partial charge on any atom is 0.297 e. The second-order valence-corrected chi connectivity index (χ2v) is 3.41. The molecule has 1 aromatic carbocycles. The van der Waals surface area contributed by atoms with Gasteiger partial charge in [-0.3, -0.25) is 4.79 Å². The molecule has 0 spiro atoms. The van der Waals surface area contributed by atoms with E-state index in [9.17, 15) is 4.79 Å². The zero-order chi connectivity index (χ0) is 11.1. The maximum atomic E-state index is 11.5. The molecule has 0 aliphatic carbocycles. The van der Waals surface area contributed by atoms with Gasteiger partial charge in [0.2, 0.25) is 0 Å². The Balaban J connectivity index is 2.85. The Morgan fingerprint density at radius 2 is 2.27 bits per heavy atom. The van der Waals surface area contributed by atoms with Crippen molar-refractivity contribution in [2.75, 3.05) is 7.11 Å². The fraction of sp³-hybridized carbons (Fsp3) is 0.100. The van der Waals surface area contributed by atoms with Gasteiger partial charge in [-0.15, -0.1) is 11.7 Å². The third-order valence-electron chi connectivity index (χ3n) is 1.63. The standard InChI is InChI=1S/C10H10N2O2Si/c1-3-15-12-11-10(13)8-6-4-5-7-9(8)14-2/h3-7H,1H2,2H3. The molecule has 15 heavy (non-hydrogen) atoms. The molecule has 0 N–H and O–H groups in total. The number of benzene rings is 1. The van der Waals surface area contributed by atoms with Crippen LogP contribution in [0.1, 0.15) is 10.4 Å². The summed E-state index contributed by atoms with van der Waals surface area (Å²) < 4.78 is 8.70. The second kappa shape index (κ2) is 5.87. The van der Waals surface area contributed by atoms with Gasteiger partial charge in [-0.1, -0.05) is 17.8 Å². The zero-order valence-electron chi connectivity index (χ0n) is 8.30. The molecule has 0 aliphatic rings. The zero-order valence-corrected chi connectivity index (χ0v) is 9.30. The molecule has 0 aromatic heterocycles. The molecule has 76 valence electrons. The molecule has 0 bridgehead atoms. The van der Waals surface area contributed by atoms with Crippen LogP contribution < -0.4 is 4.74 Å². The first-order valence-corrected chi connectivity index (χ1v) is 5.26. The first kappa shape index (κ1) is 11.3. The quantitative estimate of drug-likeness (QED) is 0.573. The van der Waals surface area contributed by atoms with Crippen molar-refractivity contribution in [3.05, 3.63) is 42.1 Å². The SMILES string of the molecule is C=C[Si]N=NC(=O)c1ccccc1OC. The van der Waals surface area contributed by atoms with Gasteiger partial charge in [0.1, 0.15) is 5.75 Å². The van der Waals surface area contributed by atoms with Crippen molar-refractivity contribution in [2.24, 2.45) is 9.89 Å². The van der Waals surface area contributed by atoms with Crippen LogP contribution in [0.2, 0.25) is 0 Å². The Hall–Kier alpha value is -1.75. The molecular formula is C10H10N2O2Si. The molecular weight excluding hydrogens is 208 g/mol. The monoisotopic (exact) mass is 218 g/mol. The summed E-state index contributed by atoms with van der Waals surface area (Å²) in [4.78, 5) is 11.5. The molecule has 0 fully saturated rings. The molecule has 0 saturated heterocycles. The van der Waals surface area contributed by atoms with Gasteiger partial charge < -0.3 is 4.74 Å². The molecule has 5 heteroatoms. The van der Waals surface area contributed by atoms with Gasteiger partial charge in [0.25, 0.3) is 15.6 Å². The fourth-order valence-corrected chi connectivity index (χ4v) is 1.22. The lowest BCUT2D eigenvalue weighted by Crippen LogP contribution is -1.98. The highest BCUT2D eigenvalue weighted by Crippen LogP contribution is 2.17. The molecule has 0 unspecified atom stereocenters. The predicted molar refractivity (Wildman–Crippen MR) is 58.1 cm³/mol. The Bertz CT molecular complexity index is 391. The number of rotatable bonds is 4. The van der Waals surface area contributed by atoms with Gasteiger partial charge in [0.15, 0.2) is 0 Å². The van der Waals surface area contributed by atoms with Crippen molar-refractivity contribution >= 4 is 15.6 Å². The molecule has 0 saturated carbocycles. The summed E-state index contributed by atoms with van der Waals surface area (Å²) in [5.41, 5.74) is 2.01. The van der Waals surface area contributed by atoms with Crippen molar-refractivity contribution in [1.29, 1.82) is 0 Å². The summed E-state index contributed by atoms with van der Waals surface area (Å²) in [5, 5.41) is 3.54. The number of hydrogen-bond donors (Lipinski definition) is 0. The van der Waals surface area contributed by atoms with E-state index in [1.54, 1.807) is 30.0 Å². The van der Waals surface area contributed by atoms with E-state index in [1.165, 1.54) is 7.11 Å². The number of nitrogens with zero attached hydrogens (tertiary/aromatic N) is 2. The van der Waals surface area contributed by atoms with Gasteiger partial charge >= 0.3 is 0 Å². The Labute approximate surface area is 90.6 Å². The fourth-order valence-electron chi connectivity index (χ4n) is 0.990. The lowest BCUT2D eigenvalue weighted by atomic mass is 10.2. The maximum absolute atomic E-state index is 11.5. The summed E-state index contributed by atoms with van der Waals surface area (Å²) in [6, 6.07) is 6.90. The van der Waals surface area contributed by atoms with Crippen LogP contribution >= 0.6 is 0 Å². The topological polar surface area (TPSA) is 51.0 Å². The lowest BCUT2D eigenvalue weighted by molar-refractivity contribution is 0.0993. The predicted octanol–water partition coefficient (Wildman–Crippen LogP) is 2.05. The Morgan fingerprint density at radius 1 is 1.53 bits per heavy atom. The summed E-state index contributed by atoms with van der Waals surface area (Å²) in [6.07, 6.45) is 0. The van der Waals surface area contributed by atoms with Crippen molar-refractivity contribution < 1.29 is 9.53 Å². The van der Waals surface area contributed by atoms with Gasteiger partial charge in [-0.05, 0) is 12.1 Å². The normalized spacial score (nSPS) is 10.2. The van der Waals surface area contributed by atoms with Crippen LogP contribution in [0.5, 0.6) is 5.75 Å². The van der Waals surface area contributed by atoms with Gasteiger partial charge in [-0.25, -0.2) is 4.78 Å². The van der Waals surface area contributed by atoms with Gasteiger partial charge in [0.05, 0.1) is 12.7 Å². The summed E-state index contributed by atoms with van der Waals surface area (Å²) in [6.45, 7) is 3.49. The average molecular weight is 218 g/mol. The molecule has 4 nitrogen and oxygen atoms in total. The van der Waals surface area contributed by atoms with Crippen LogP contribution in [0, 0.1) is 0 Å². The molecule has 0 aliphatic heterocycles. The molecule has 2 radical (unpaired) electrons. The smallest absolute Gasteiger partial charge is 0.297 e. The summed E-state index contributed by atoms with van der Waals surface area (Å²) in [5.74, 6) is 0.102. The van der Waals surface area contributed by atoms with E-state index in [-0.39, 0.29) is 9.68 Å². The third-order valence-corrected chi connectivity index (χ3v) is 2.03. The minimum Gasteiger partial charge on any atom is -0.496 e. The van der Waals surface area contributed by atoms with Gasteiger partial charge in [-0.2, -0.15) is 0 Å². The molecule has 0 atom stereocenters. The molecule has 1 amide bonds. The number of carbonyl (C=O) groups excluding carboxylic acids is 1. The molecule has 0 heterocycles. The number of amides is 1. The van der Waals surface area contributed by atoms with E-state index < -0.39 is 5.91 Å². The van der Waals surface area contributed by atoms with Crippen LogP contribution in [-0.2, 0) is 0 Å². The Kier molecular flexibility index (Phi) is 4.43. The van der Waals surface area contributed by atoms with Crippen molar-refractivity contribution in [1.82, 2.24) is 0 Å². The van der Waals surface area contributed by atoms with E-state index in [0.29, 0.717) is 11.3 Å². The first-order valence-electron chi connectivity index (χ1n) is 4.24. The Morgan fingerprint density at radius 3 is 2.93 bits per heavy atom. The molecule has 1 rings (SSSR count). The van der Waals surface area contributed by atoms with Crippen LogP contribution in [0.4, 0.5) is 0 Å². The van der Waals surface area contributed by atoms with Gasteiger partial charge in [0, 0.05) is 0 Å². The minimum atomic E-state index is -0.401. The molecule has 1 aromatic rings. The van der Waals surface area contributed by atoms with E-state index >= 15 is 0 Å². The lowest BCUT2D eigenvalue weighted by Gasteiger charge is -2.02. The largest absolute Gasteiger partial charge is 0.496 e. The number of hydrogen-bond acceptors (Lipinski definition) is 3.